The summed E-state index contributed by atoms with van der Waals surface area (Å²) in [6.45, 7) is 1.63. The molecule has 3 aromatic heterocycles. The van der Waals surface area contributed by atoms with Crippen LogP contribution in [0.2, 0.25) is 0 Å². The van der Waals surface area contributed by atoms with E-state index in [-0.39, 0.29) is 23.5 Å². The highest BCUT2D eigenvalue weighted by molar-refractivity contribution is 5.94. The Hall–Kier alpha value is -3.07. The van der Waals surface area contributed by atoms with E-state index in [0.29, 0.717) is 23.4 Å². The van der Waals surface area contributed by atoms with E-state index in [1.54, 1.807) is 22.7 Å². The summed E-state index contributed by atoms with van der Waals surface area (Å²) in [4.78, 5) is 20.2. The molecule has 0 spiro atoms. The van der Waals surface area contributed by atoms with Crippen molar-refractivity contribution in [3.8, 4) is 11.4 Å². The highest BCUT2D eigenvalue weighted by atomic mass is 19.1. The number of hydrogen-bond donors (Lipinski definition) is 3. The minimum Gasteiger partial charge on any atom is -0.364 e. The van der Waals surface area contributed by atoms with Gasteiger partial charge in [-0.3, -0.25) is 9.20 Å². The highest BCUT2D eigenvalue weighted by Crippen LogP contribution is 2.26. The van der Waals surface area contributed by atoms with Gasteiger partial charge in [-0.05, 0) is 31.5 Å². The van der Waals surface area contributed by atoms with Gasteiger partial charge in [-0.25, -0.2) is 18.7 Å². The number of carbonyl (C=O) groups is 1. The average Bonchev–Trinajstić information content (AvgIpc) is 3.13. The summed E-state index contributed by atoms with van der Waals surface area (Å²) in [7, 11) is 1.54. The summed E-state index contributed by atoms with van der Waals surface area (Å²) in [5.41, 5.74) is 1.27. The highest BCUT2D eigenvalue weighted by Gasteiger charge is 2.20. The second kappa shape index (κ2) is 7.51. The second-order valence-corrected chi connectivity index (χ2v) is 6.70. The third-order valence-corrected chi connectivity index (χ3v) is 4.81. The fourth-order valence-electron chi connectivity index (χ4n) is 3.36. The fourth-order valence-corrected chi connectivity index (χ4v) is 3.36. The molecule has 146 valence electrons. The van der Waals surface area contributed by atoms with E-state index >= 15 is 0 Å². The molecule has 0 saturated carbocycles. The van der Waals surface area contributed by atoms with Crippen LogP contribution in [0.1, 0.15) is 23.2 Å². The molecule has 1 atom stereocenters. The predicted octanol–water partition coefficient (Wildman–Crippen LogP) is 2.20. The Kier molecular flexibility index (Phi) is 4.91. The van der Waals surface area contributed by atoms with Crippen LogP contribution in [0.3, 0.4) is 0 Å². The van der Waals surface area contributed by atoms with Crippen molar-refractivity contribution in [3.63, 3.8) is 0 Å². The number of piperidine rings is 1. The summed E-state index contributed by atoms with van der Waals surface area (Å²) >= 11 is 0. The molecule has 7 nitrogen and oxygen atoms in total. The zero-order chi connectivity index (χ0) is 19.7. The molecular formula is C19H20F2N6O. The maximum atomic E-state index is 14.5. The molecule has 1 amide bonds. The Morgan fingerprint density at radius 2 is 2.18 bits per heavy atom. The fraction of sp³-hybridized carbons (Fsp3) is 0.316. The Labute approximate surface area is 160 Å². The third kappa shape index (κ3) is 3.40. The van der Waals surface area contributed by atoms with Crippen molar-refractivity contribution in [1.82, 2.24) is 25.0 Å². The topological polar surface area (TPSA) is 83.4 Å². The van der Waals surface area contributed by atoms with Crippen molar-refractivity contribution in [3.05, 3.63) is 47.8 Å². The smallest absolute Gasteiger partial charge is 0.251 e. The van der Waals surface area contributed by atoms with Crippen LogP contribution in [0.5, 0.6) is 0 Å². The summed E-state index contributed by atoms with van der Waals surface area (Å²) < 4.78 is 30.4. The van der Waals surface area contributed by atoms with Crippen LogP contribution in [0.4, 0.5) is 14.6 Å². The lowest BCUT2D eigenvalue weighted by molar-refractivity contribution is 0.0963. The zero-order valence-corrected chi connectivity index (χ0v) is 15.3. The predicted molar refractivity (Wildman–Crippen MR) is 101 cm³/mol. The maximum Gasteiger partial charge on any atom is 0.251 e. The van der Waals surface area contributed by atoms with Crippen LogP contribution in [-0.2, 0) is 0 Å². The first-order chi connectivity index (χ1) is 13.6. The van der Waals surface area contributed by atoms with Gasteiger partial charge in [-0.2, -0.15) is 0 Å². The van der Waals surface area contributed by atoms with E-state index in [0.717, 1.165) is 25.5 Å². The maximum absolute atomic E-state index is 14.5. The van der Waals surface area contributed by atoms with Crippen molar-refractivity contribution in [2.24, 2.45) is 0 Å². The van der Waals surface area contributed by atoms with Gasteiger partial charge in [0.25, 0.3) is 5.91 Å². The average molecular weight is 386 g/mol. The molecule has 3 N–H and O–H groups in total. The quantitative estimate of drug-likeness (QED) is 0.640. The number of amides is 1. The van der Waals surface area contributed by atoms with Crippen LogP contribution in [0, 0.1) is 11.6 Å². The van der Waals surface area contributed by atoms with E-state index in [1.807, 2.05) is 0 Å². The van der Waals surface area contributed by atoms with Crippen molar-refractivity contribution in [1.29, 1.82) is 0 Å². The molecule has 0 radical (unpaired) electrons. The van der Waals surface area contributed by atoms with Gasteiger partial charge in [0.05, 0.1) is 11.9 Å². The van der Waals surface area contributed by atoms with Crippen LogP contribution in [0.15, 0.2) is 30.6 Å². The molecule has 4 heterocycles. The van der Waals surface area contributed by atoms with Gasteiger partial charge in [-0.15, -0.1) is 0 Å². The van der Waals surface area contributed by atoms with Gasteiger partial charge < -0.3 is 16.0 Å². The lowest BCUT2D eigenvalue weighted by Crippen LogP contribution is -2.38. The van der Waals surface area contributed by atoms with Crippen LogP contribution in [0.25, 0.3) is 17.0 Å². The number of fused-ring (bicyclic) bond motifs is 1. The number of nitrogens with zero attached hydrogens (tertiary/aromatic N) is 3. The zero-order valence-electron chi connectivity index (χ0n) is 15.3. The van der Waals surface area contributed by atoms with Crippen molar-refractivity contribution in [2.45, 2.75) is 18.9 Å². The van der Waals surface area contributed by atoms with Gasteiger partial charge >= 0.3 is 0 Å². The molecule has 9 heteroatoms. The second-order valence-electron chi connectivity index (χ2n) is 6.70. The van der Waals surface area contributed by atoms with Crippen molar-refractivity contribution < 1.29 is 13.6 Å². The molecule has 1 unspecified atom stereocenters. The van der Waals surface area contributed by atoms with E-state index in [4.69, 9.17) is 0 Å². The number of aromatic nitrogens is 3. The number of rotatable bonds is 4. The van der Waals surface area contributed by atoms with E-state index in [9.17, 15) is 13.6 Å². The number of hydrogen-bond acceptors (Lipinski definition) is 5. The van der Waals surface area contributed by atoms with Crippen LogP contribution < -0.4 is 16.0 Å². The normalized spacial score (nSPS) is 16.9. The number of anilines is 1. The monoisotopic (exact) mass is 386 g/mol. The third-order valence-electron chi connectivity index (χ3n) is 4.81. The number of halogens is 2. The first-order valence-corrected chi connectivity index (χ1v) is 9.09. The first kappa shape index (κ1) is 18.3. The van der Waals surface area contributed by atoms with E-state index in [2.05, 4.69) is 25.9 Å². The van der Waals surface area contributed by atoms with Crippen molar-refractivity contribution in [2.75, 3.05) is 25.5 Å². The summed E-state index contributed by atoms with van der Waals surface area (Å²) in [6, 6.07) is 4.06. The molecule has 0 aromatic carbocycles. The van der Waals surface area contributed by atoms with E-state index < -0.39 is 11.6 Å². The molecule has 1 saturated heterocycles. The molecule has 28 heavy (non-hydrogen) atoms. The number of carbonyl (C=O) groups excluding carboxylic acids is 1. The standard InChI is InChI=1S/C19H20F2N6O/c1-22-19(28)11-4-6-27-15(10-24-16(27)7-11)17-13(20)8-14(21)18(26-17)25-12-3-2-5-23-9-12/h4,6-8,10,12,23H,2-3,5,9H2,1H3,(H,22,28)(H,25,26). The van der Waals surface area contributed by atoms with Gasteiger partial charge in [-0.1, -0.05) is 0 Å². The lowest BCUT2D eigenvalue weighted by Gasteiger charge is -2.24. The van der Waals surface area contributed by atoms with Crippen molar-refractivity contribution >= 4 is 17.4 Å². The lowest BCUT2D eigenvalue weighted by atomic mass is 10.1. The Morgan fingerprint density at radius 3 is 2.93 bits per heavy atom. The summed E-state index contributed by atoms with van der Waals surface area (Å²) in [6.07, 6.45) is 4.94. The Balaban J connectivity index is 1.72. The molecule has 0 bridgehead atoms. The Bertz CT molecular complexity index is 1030. The SMILES string of the molecule is CNC(=O)c1ccn2c(-c3nc(NC4CCCNC4)c(F)cc3F)cnc2c1. The molecule has 1 fully saturated rings. The molecule has 3 aromatic rings. The number of nitrogens with one attached hydrogen (secondary N) is 3. The molecular weight excluding hydrogens is 366 g/mol. The first-order valence-electron chi connectivity index (χ1n) is 9.09. The summed E-state index contributed by atoms with van der Waals surface area (Å²) in [5, 5.41) is 8.84. The largest absolute Gasteiger partial charge is 0.364 e. The van der Waals surface area contributed by atoms with Gasteiger partial charge in [0, 0.05) is 37.5 Å². The van der Waals surface area contributed by atoms with E-state index in [1.165, 1.54) is 13.2 Å². The minimum absolute atomic E-state index is 0.00661. The summed E-state index contributed by atoms with van der Waals surface area (Å²) in [5.74, 6) is -1.74. The van der Waals surface area contributed by atoms with Crippen LogP contribution >= 0.6 is 0 Å². The van der Waals surface area contributed by atoms with Gasteiger partial charge in [0.15, 0.2) is 17.5 Å². The molecule has 1 aliphatic rings. The number of pyridine rings is 2. The molecule has 4 rings (SSSR count). The molecule has 1 aliphatic heterocycles. The van der Waals surface area contributed by atoms with Crippen LogP contribution in [-0.4, -0.2) is 46.5 Å². The minimum atomic E-state index is -0.776. The van der Waals surface area contributed by atoms with Gasteiger partial charge in [0.2, 0.25) is 0 Å². The number of imidazole rings is 1. The molecule has 0 aliphatic carbocycles. The Morgan fingerprint density at radius 1 is 1.32 bits per heavy atom. The van der Waals surface area contributed by atoms with Gasteiger partial charge in [0.1, 0.15) is 11.3 Å².